The molecule has 0 rings (SSSR count). The van der Waals surface area contributed by atoms with Crippen molar-refractivity contribution in [3.8, 4) is 12.8 Å². The summed E-state index contributed by atoms with van der Waals surface area (Å²) in [6.45, 7) is 14.5. The lowest BCUT2D eigenvalue weighted by molar-refractivity contribution is -0.884. The second-order valence-electron chi connectivity index (χ2n) is 3.31. The number of allylic oxidation sites excluding steroid dienone is 3. The van der Waals surface area contributed by atoms with E-state index in [2.05, 4.69) is 65.7 Å². The van der Waals surface area contributed by atoms with Gasteiger partial charge in [-0.15, -0.1) is 12.8 Å². The van der Waals surface area contributed by atoms with Crippen LogP contribution in [-0.2, 0) is 0 Å². The van der Waals surface area contributed by atoms with E-state index in [1.807, 2.05) is 0 Å². The first-order valence-electron chi connectivity index (χ1n) is 5.69. The molecular weight excluding hydrogens is 182 g/mol. The minimum Gasteiger partial charge on any atom is -0.292 e. The second kappa shape index (κ2) is 9.55. The Morgan fingerprint density at radius 1 is 1.00 bits per heavy atom. The molecule has 0 aromatic rings. The molecule has 15 heavy (non-hydrogen) atoms. The van der Waals surface area contributed by atoms with E-state index in [0.29, 0.717) is 0 Å². The molecule has 0 heterocycles. The molecule has 1 heteroatoms. The SMILES string of the molecule is C#C.C/C=C\C(=C/C)[N+](CC)(CC)CC. The van der Waals surface area contributed by atoms with Gasteiger partial charge in [-0.2, -0.15) is 0 Å². The number of quaternary nitrogens is 1. The third-order valence-electron chi connectivity index (χ3n) is 3.00. The standard InChI is InChI=1S/C12H24N.C2H2/c1-6-11-12(7-2)13(8-3,9-4)10-5;1-2/h6-7,11H,8-10H2,1-5H3;1-2H/q+1;/b11-6-,12-7+;. The van der Waals surface area contributed by atoms with Crippen molar-refractivity contribution in [1.29, 1.82) is 0 Å². The van der Waals surface area contributed by atoms with E-state index in [0.717, 1.165) is 4.48 Å². The van der Waals surface area contributed by atoms with E-state index in [1.165, 1.54) is 25.3 Å². The summed E-state index contributed by atoms with van der Waals surface area (Å²) >= 11 is 0. The lowest BCUT2D eigenvalue weighted by Gasteiger charge is -2.36. The van der Waals surface area contributed by atoms with E-state index in [1.54, 1.807) is 0 Å². The number of rotatable bonds is 5. The van der Waals surface area contributed by atoms with Gasteiger partial charge in [-0.3, -0.25) is 4.48 Å². The molecule has 0 radical (unpaired) electrons. The molecule has 1 nitrogen and oxygen atoms in total. The van der Waals surface area contributed by atoms with Crippen molar-refractivity contribution in [3.05, 3.63) is 23.9 Å². The molecule has 0 saturated heterocycles. The highest BCUT2D eigenvalue weighted by molar-refractivity contribution is 5.10. The lowest BCUT2D eigenvalue weighted by Crippen LogP contribution is -2.45. The summed E-state index contributed by atoms with van der Waals surface area (Å²) < 4.78 is 1.10. The molecule has 0 unspecified atom stereocenters. The molecule has 0 amide bonds. The van der Waals surface area contributed by atoms with Crippen LogP contribution < -0.4 is 0 Å². The van der Waals surface area contributed by atoms with Gasteiger partial charge in [-0.05, 0) is 46.8 Å². The van der Waals surface area contributed by atoms with Crippen molar-refractivity contribution in [2.24, 2.45) is 0 Å². The van der Waals surface area contributed by atoms with E-state index in [9.17, 15) is 0 Å². The van der Waals surface area contributed by atoms with Crippen LogP contribution in [0.25, 0.3) is 0 Å². The van der Waals surface area contributed by atoms with Crippen molar-refractivity contribution < 1.29 is 4.48 Å². The summed E-state index contributed by atoms with van der Waals surface area (Å²) in [5.41, 5.74) is 1.44. The maximum absolute atomic E-state index is 4.00. The molecule has 0 aliphatic carbocycles. The first-order valence-corrected chi connectivity index (χ1v) is 5.69. The van der Waals surface area contributed by atoms with Crippen molar-refractivity contribution in [2.75, 3.05) is 19.6 Å². The van der Waals surface area contributed by atoms with Crippen LogP contribution >= 0.6 is 0 Å². The van der Waals surface area contributed by atoms with Gasteiger partial charge >= 0.3 is 0 Å². The molecule has 0 bridgehead atoms. The monoisotopic (exact) mass is 208 g/mol. The molecule has 0 fully saturated rings. The maximum Gasteiger partial charge on any atom is 0.128 e. The van der Waals surface area contributed by atoms with E-state index in [4.69, 9.17) is 0 Å². The van der Waals surface area contributed by atoms with Crippen LogP contribution in [0.4, 0.5) is 0 Å². The molecule has 0 aliphatic heterocycles. The molecule has 86 valence electrons. The van der Waals surface area contributed by atoms with Crippen LogP contribution in [0.15, 0.2) is 23.9 Å². The Morgan fingerprint density at radius 3 is 1.60 bits per heavy atom. The average Bonchev–Trinajstić information content (AvgIpc) is 2.33. The van der Waals surface area contributed by atoms with E-state index >= 15 is 0 Å². The quantitative estimate of drug-likeness (QED) is 0.368. The van der Waals surface area contributed by atoms with Gasteiger partial charge in [0, 0.05) is 0 Å². The normalized spacial score (nSPS) is 12.3. The summed E-state index contributed by atoms with van der Waals surface area (Å²) in [7, 11) is 0. The van der Waals surface area contributed by atoms with Gasteiger partial charge in [-0.1, -0.05) is 6.08 Å². The van der Waals surface area contributed by atoms with E-state index < -0.39 is 0 Å². The van der Waals surface area contributed by atoms with Crippen molar-refractivity contribution in [2.45, 2.75) is 34.6 Å². The number of likely N-dealkylation sites (N-methyl/N-ethyl adjacent to an activating group) is 1. The summed E-state index contributed by atoms with van der Waals surface area (Å²) in [5, 5.41) is 0. The number of terminal acetylenes is 1. The van der Waals surface area contributed by atoms with Crippen LogP contribution in [0.3, 0.4) is 0 Å². The Kier molecular flexibility index (Phi) is 10.5. The van der Waals surface area contributed by atoms with Crippen LogP contribution in [-0.4, -0.2) is 24.1 Å². The molecule has 0 aliphatic rings. The smallest absolute Gasteiger partial charge is 0.128 e. The molecular formula is C14H26N+. The minimum absolute atomic E-state index is 1.10. The van der Waals surface area contributed by atoms with Crippen LogP contribution in [0.1, 0.15) is 34.6 Å². The predicted octanol–water partition coefficient (Wildman–Crippen LogP) is 3.59. The summed E-state index contributed by atoms with van der Waals surface area (Å²) in [6.07, 6.45) is 14.6. The highest BCUT2D eigenvalue weighted by Crippen LogP contribution is 2.18. The second-order valence-corrected chi connectivity index (χ2v) is 3.31. The Bertz CT molecular complexity index is 208. The largest absolute Gasteiger partial charge is 0.292 e. The molecule has 0 atom stereocenters. The van der Waals surface area contributed by atoms with Gasteiger partial charge in [0.05, 0.1) is 19.6 Å². The fourth-order valence-corrected chi connectivity index (χ4v) is 1.92. The van der Waals surface area contributed by atoms with Gasteiger partial charge < -0.3 is 0 Å². The predicted molar refractivity (Wildman–Crippen MR) is 70.3 cm³/mol. The van der Waals surface area contributed by atoms with Crippen molar-refractivity contribution in [3.63, 3.8) is 0 Å². The molecule has 0 saturated carbocycles. The summed E-state index contributed by atoms with van der Waals surface area (Å²) in [5.74, 6) is 0. The Morgan fingerprint density at radius 2 is 1.40 bits per heavy atom. The third-order valence-corrected chi connectivity index (χ3v) is 3.00. The van der Waals surface area contributed by atoms with Gasteiger partial charge in [0.1, 0.15) is 5.70 Å². The highest BCUT2D eigenvalue weighted by atomic mass is 15.3. The first kappa shape index (κ1) is 16.4. The Hall–Kier alpha value is -1.00. The fraction of sp³-hybridized carbons (Fsp3) is 0.571. The van der Waals surface area contributed by atoms with Gasteiger partial charge in [0.25, 0.3) is 0 Å². The molecule has 0 aromatic heterocycles. The Labute approximate surface area is 96.1 Å². The fourth-order valence-electron chi connectivity index (χ4n) is 1.92. The van der Waals surface area contributed by atoms with Gasteiger partial charge in [-0.25, -0.2) is 0 Å². The number of hydrogen-bond acceptors (Lipinski definition) is 0. The number of hydrogen-bond donors (Lipinski definition) is 0. The van der Waals surface area contributed by atoms with Crippen molar-refractivity contribution >= 4 is 0 Å². The average molecular weight is 208 g/mol. The Balaban J connectivity index is 0. The molecule has 0 spiro atoms. The third kappa shape index (κ3) is 4.36. The van der Waals surface area contributed by atoms with Gasteiger partial charge in [0.2, 0.25) is 0 Å². The minimum atomic E-state index is 1.10. The van der Waals surface area contributed by atoms with Crippen molar-refractivity contribution in [1.82, 2.24) is 0 Å². The summed E-state index contributed by atoms with van der Waals surface area (Å²) in [4.78, 5) is 0. The molecule has 0 N–H and O–H groups in total. The van der Waals surface area contributed by atoms with Crippen LogP contribution in [0.5, 0.6) is 0 Å². The zero-order valence-corrected chi connectivity index (χ0v) is 11.0. The maximum atomic E-state index is 4.00. The zero-order chi connectivity index (χ0) is 12.3. The summed E-state index contributed by atoms with van der Waals surface area (Å²) in [6, 6.07) is 0. The topological polar surface area (TPSA) is 0 Å². The number of nitrogens with zero attached hydrogens (tertiary/aromatic N) is 1. The lowest BCUT2D eigenvalue weighted by atomic mass is 10.2. The first-order chi connectivity index (χ1) is 7.20. The highest BCUT2D eigenvalue weighted by Gasteiger charge is 2.23. The molecule has 0 aromatic carbocycles. The van der Waals surface area contributed by atoms with Crippen LogP contribution in [0.2, 0.25) is 0 Å². The van der Waals surface area contributed by atoms with E-state index in [-0.39, 0.29) is 0 Å². The zero-order valence-electron chi connectivity index (χ0n) is 11.0. The van der Waals surface area contributed by atoms with Crippen LogP contribution in [0, 0.1) is 12.8 Å². The van der Waals surface area contributed by atoms with Gasteiger partial charge in [0.15, 0.2) is 0 Å².